The lowest BCUT2D eigenvalue weighted by Crippen LogP contribution is -1.92. The summed E-state index contributed by atoms with van der Waals surface area (Å²) in [7, 11) is 0. The number of aromatic nitrogens is 1. The Kier molecular flexibility index (Phi) is 3.52. The Morgan fingerprint density at radius 2 is 2.46 bits per heavy atom. The smallest absolute Gasteiger partial charge is 0.170 e. The third-order valence-corrected chi connectivity index (χ3v) is 2.22. The Labute approximate surface area is 81.6 Å². The van der Waals surface area contributed by atoms with E-state index in [9.17, 15) is 0 Å². The van der Waals surface area contributed by atoms with Gasteiger partial charge in [-0.15, -0.1) is 11.3 Å². The van der Waals surface area contributed by atoms with E-state index in [1.807, 2.05) is 13.8 Å². The van der Waals surface area contributed by atoms with E-state index in [1.54, 1.807) is 23.7 Å². The van der Waals surface area contributed by atoms with Crippen molar-refractivity contribution in [2.24, 2.45) is 9.98 Å². The second-order valence-electron chi connectivity index (χ2n) is 2.27. The Bertz CT molecular complexity index is 349. The predicted octanol–water partition coefficient (Wildman–Crippen LogP) is 2.43. The second-order valence-corrected chi connectivity index (χ2v) is 3.50. The molecule has 0 aromatic carbocycles. The van der Waals surface area contributed by atoms with Gasteiger partial charge in [0, 0.05) is 18.6 Å². The molecule has 13 heavy (non-hydrogen) atoms. The van der Waals surface area contributed by atoms with Gasteiger partial charge in [0.2, 0.25) is 0 Å². The molecule has 0 spiro atoms. The minimum atomic E-state index is 0.670. The van der Waals surface area contributed by atoms with Gasteiger partial charge in [-0.3, -0.25) is 0 Å². The van der Waals surface area contributed by atoms with Crippen LogP contribution in [0.1, 0.15) is 16.8 Å². The van der Waals surface area contributed by atoms with Gasteiger partial charge < -0.3 is 0 Å². The van der Waals surface area contributed by atoms with Crippen LogP contribution in [-0.4, -0.2) is 17.0 Å². The van der Waals surface area contributed by atoms with Crippen LogP contribution in [0.5, 0.6) is 0 Å². The van der Waals surface area contributed by atoms with E-state index < -0.39 is 0 Å². The summed E-state index contributed by atoms with van der Waals surface area (Å²) >= 11 is 1.57. The topological polar surface area (TPSA) is 37.6 Å². The highest BCUT2D eigenvalue weighted by molar-refractivity contribution is 7.13. The molecular formula is C9H11N3S. The molecule has 1 heterocycles. The van der Waals surface area contributed by atoms with Gasteiger partial charge in [0.05, 0.1) is 9.88 Å². The van der Waals surface area contributed by atoms with E-state index in [4.69, 9.17) is 0 Å². The zero-order chi connectivity index (χ0) is 9.68. The summed E-state index contributed by atoms with van der Waals surface area (Å²) in [5, 5.41) is 1.01. The van der Waals surface area contributed by atoms with Crippen molar-refractivity contribution >= 4 is 23.4 Å². The molecule has 0 bridgehead atoms. The normalized spacial score (nSPS) is 12.3. The second kappa shape index (κ2) is 4.67. The zero-order valence-electron chi connectivity index (χ0n) is 7.69. The molecule has 0 saturated carbocycles. The minimum absolute atomic E-state index is 0.670. The molecule has 1 rings (SSSR count). The minimum Gasteiger partial charge on any atom is -0.249 e. The van der Waals surface area contributed by atoms with Crippen molar-refractivity contribution in [1.82, 2.24) is 4.98 Å². The Morgan fingerprint density at radius 1 is 1.69 bits per heavy atom. The number of amidine groups is 1. The SMILES string of the molecule is C=CN=C(N=CC)c1cnc(C)s1. The Balaban J connectivity index is 3.01. The molecule has 1 aromatic rings. The zero-order valence-corrected chi connectivity index (χ0v) is 8.51. The van der Waals surface area contributed by atoms with Crippen molar-refractivity contribution in [2.45, 2.75) is 13.8 Å². The summed E-state index contributed by atoms with van der Waals surface area (Å²) in [6, 6.07) is 0. The predicted molar refractivity (Wildman–Crippen MR) is 57.8 cm³/mol. The first-order valence-corrected chi connectivity index (χ1v) is 4.69. The van der Waals surface area contributed by atoms with E-state index in [0.717, 1.165) is 9.88 Å². The molecule has 0 aliphatic heterocycles. The van der Waals surface area contributed by atoms with Crippen LogP contribution in [0.15, 0.2) is 29.0 Å². The summed E-state index contributed by atoms with van der Waals surface area (Å²) in [5.41, 5.74) is 0. The summed E-state index contributed by atoms with van der Waals surface area (Å²) in [4.78, 5) is 13.3. The van der Waals surface area contributed by atoms with Gasteiger partial charge in [0.1, 0.15) is 0 Å². The lowest BCUT2D eigenvalue weighted by molar-refractivity contribution is 1.29. The highest BCUT2D eigenvalue weighted by Gasteiger charge is 2.03. The highest BCUT2D eigenvalue weighted by Crippen LogP contribution is 2.13. The van der Waals surface area contributed by atoms with Crippen LogP contribution < -0.4 is 0 Å². The van der Waals surface area contributed by atoms with E-state index in [-0.39, 0.29) is 0 Å². The average molecular weight is 193 g/mol. The van der Waals surface area contributed by atoms with Crippen molar-refractivity contribution < 1.29 is 0 Å². The molecule has 0 saturated heterocycles. The molecule has 0 aliphatic rings. The Morgan fingerprint density at radius 3 is 2.92 bits per heavy atom. The fourth-order valence-electron chi connectivity index (χ4n) is 0.834. The summed E-state index contributed by atoms with van der Waals surface area (Å²) in [5.74, 6) is 0.670. The molecule has 0 atom stereocenters. The Hall–Kier alpha value is -1.29. The standard InChI is InChI=1S/C9H11N3S/c1-4-10-9(11-5-2)8-6-12-7(3)13-8/h4-6H,1H2,2-3H3. The first-order valence-electron chi connectivity index (χ1n) is 3.88. The quantitative estimate of drug-likeness (QED) is 0.525. The number of hydrogen-bond donors (Lipinski definition) is 0. The van der Waals surface area contributed by atoms with Gasteiger partial charge in [-0.2, -0.15) is 0 Å². The van der Waals surface area contributed by atoms with Crippen LogP contribution in [-0.2, 0) is 0 Å². The van der Waals surface area contributed by atoms with Crippen molar-refractivity contribution in [3.63, 3.8) is 0 Å². The van der Waals surface area contributed by atoms with Gasteiger partial charge in [-0.05, 0) is 13.8 Å². The molecule has 3 nitrogen and oxygen atoms in total. The highest BCUT2D eigenvalue weighted by atomic mass is 32.1. The number of nitrogens with zero attached hydrogens (tertiary/aromatic N) is 3. The van der Waals surface area contributed by atoms with E-state index in [1.165, 1.54) is 6.20 Å². The largest absolute Gasteiger partial charge is 0.249 e. The molecule has 0 fully saturated rings. The molecular weight excluding hydrogens is 182 g/mol. The van der Waals surface area contributed by atoms with Gasteiger partial charge in [-0.1, -0.05) is 6.58 Å². The van der Waals surface area contributed by atoms with E-state index in [2.05, 4.69) is 21.5 Å². The lowest BCUT2D eigenvalue weighted by atomic mass is 10.5. The molecule has 0 N–H and O–H groups in total. The summed E-state index contributed by atoms with van der Waals surface area (Å²) in [6.45, 7) is 7.35. The first-order chi connectivity index (χ1) is 6.27. The van der Waals surface area contributed by atoms with Gasteiger partial charge in [-0.25, -0.2) is 15.0 Å². The van der Waals surface area contributed by atoms with Crippen LogP contribution in [0.2, 0.25) is 0 Å². The number of aliphatic imine (C=N–C) groups is 2. The molecule has 0 radical (unpaired) electrons. The van der Waals surface area contributed by atoms with Gasteiger partial charge >= 0.3 is 0 Å². The monoisotopic (exact) mass is 193 g/mol. The number of thiazole rings is 1. The molecule has 68 valence electrons. The third-order valence-electron chi connectivity index (χ3n) is 1.31. The van der Waals surface area contributed by atoms with Crippen molar-refractivity contribution in [3.05, 3.63) is 28.9 Å². The van der Waals surface area contributed by atoms with Crippen LogP contribution in [0.3, 0.4) is 0 Å². The molecule has 4 heteroatoms. The van der Waals surface area contributed by atoms with Crippen LogP contribution in [0.25, 0.3) is 0 Å². The summed E-state index contributed by atoms with van der Waals surface area (Å²) < 4.78 is 0. The molecule has 0 amide bonds. The van der Waals surface area contributed by atoms with Crippen LogP contribution in [0.4, 0.5) is 0 Å². The molecule has 0 aliphatic carbocycles. The maximum Gasteiger partial charge on any atom is 0.170 e. The maximum absolute atomic E-state index is 4.13. The lowest BCUT2D eigenvalue weighted by Gasteiger charge is -1.91. The number of aryl methyl sites for hydroxylation is 1. The average Bonchev–Trinajstić information content (AvgIpc) is 2.51. The van der Waals surface area contributed by atoms with Crippen molar-refractivity contribution in [2.75, 3.05) is 0 Å². The van der Waals surface area contributed by atoms with E-state index in [0.29, 0.717) is 5.84 Å². The first kappa shape index (κ1) is 9.80. The van der Waals surface area contributed by atoms with Gasteiger partial charge in [0.15, 0.2) is 5.84 Å². The number of rotatable bonds is 2. The molecule has 0 unspecified atom stereocenters. The van der Waals surface area contributed by atoms with E-state index >= 15 is 0 Å². The van der Waals surface area contributed by atoms with Crippen LogP contribution >= 0.6 is 11.3 Å². The van der Waals surface area contributed by atoms with Gasteiger partial charge in [0.25, 0.3) is 0 Å². The fourth-order valence-corrected chi connectivity index (χ4v) is 1.56. The maximum atomic E-state index is 4.13. The van der Waals surface area contributed by atoms with Crippen molar-refractivity contribution in [1.29, 1.82) is 0 Å². The molecule has 1 aromatic heterocycles. The van der Waals surface area contributed by atoms with Crippen LogP contribution in [0, 0.1) is 6.92 Å². The van der Waals surface area contributed by atoms with Crippen molar-refractivity contribution in [3.8, 4) is 0 Å². The summed E-state index contributed by atoms with van der Waals surface area (Å²) in [6.07, 6.45) is 4.96. The third kappa shape index (κ3) is 2.59. The number of hydrogen-bond acceptors (Lipinski definition) is 3. The fraction of sp³-hybridized carbons (Fsp3) is 0.222.